The first-order chi connectivity index (χ1) is 15.5. The molecule has 4 nitrogen and oxygen atoms in total. The van der Waals surface area contributed by atoms with E-state index in [1.807, 2.05) is 61.5 Å². The molecular weight excluding hydrogens is 443 g/mol. The van der Waals surface area contributed by atoms with Gasteiger partial charge in [0.25, 0.3) is 0 Å². The molecule has 0 saturated heterocycles. The number of halogens is 2. The van der Waals surface area contributed by atoms with E-state index < -0.39 is 6.04 Å². The summed E-state index contributed by atoms with van der Waals surface area (Å²) in [6, 6.07) is 23.6. The number of likely N-dealkylation sites (N-methyl/N-ethyl adjacent to an activating group) is 1. The summed E-state index contributed by atoms with van der Waals surface area (Å²) in [7, 11) is 0. The third-order valence-electron chi connectivity index (χ3n) is 5.13. The molecule has 6 heteroatoms. The molecule has 0 radical (unpaired) electrons. The van der Waals surface area contributed by atoms with Crippen molar-refractivity contribution in [3.05, 3.63) is 106 Å². The van der Waals surface area contributed by atoms with Crippen LogP contribution in [0.5, 0.6) is 0 Å². The van der Waals surface area contributed by atoms with Crippen LogP contribution in [-0.4, -0.2) is 29.3 Å². The van der Waals surface area contributed by atoms with Gasteiger partial charge in [0.05, 0.1) is 6.42 Å². The largest absolute Gasteiger partial charge is 0.355 e. The molecule has 3 aromatic carbocycles. The Bertz CT molecular complexity index is 1040. The molecule has 166 valence electrons. The number of hydrogen-bond acceptors (Lipinski definition) is 2. The van der Waals surface area contributed by atoms with Gasteiger partial charge in [0.15, 0.2) is 0 Å². The Hall–Kier alpha value is -2.82. The van der Waals surface area contributed by atoms with Crippen LogP contribution in [0.25, 0.3) is 0 Å². The van der Waals surface area contributed by atoms with Crippen LogP contribution in [0.3, 0.4) is 0 Å². The monoisotopic (exact) mass is 468 g/mol. The molecule has 3 aromatic rings. The highest BCUT2D eigenvalue weighted by Crippen LogP contribution is 2.19. The first-order valence-electron chi connectivity index (χ1n) is 10.6. The van der Waals surface area contributed by atoms with Crippen molar-refractivity contribution in [1.29, 1.82) is 0 Å². The number of carbonyl (C=O) groups excluding carboxylic acids is 2. The average Bonchev–Trinajstić information content (AvgIpc) is 2.78. The fraction of sp³-hybridized carbons (Fsp3) is 0.231. The number of carbonyl (C=O) groups is 2. The maximum atomic E-state index is 13.5. The number of nitrogens with zero attached hydrogens (tertiary/aromatic N) is 1. The Labute approximate surface area is 199 Å². The van der Waals surface area contributed by atoms with E-state index in [9.17, 15) is 9.59 Å². The lowest BCUT2D eigenvalue weighted by atomic mass is 10.0. The van der Waals surface area contributed by atoms with Crippen LogP contribution in [0.15, 0.2) is 78.9 Å². The van der Waals surface area contributed by atoms with Crippen molar-refractivity contribution in [3.8, 4) is 0 Å². The van der Waals surface area contributed by atoms with Crippen LogP contribution in [0, 0.1) is 0 Å². The Balaban J connectivity index is 1.94. The highest BCUT2D eigenvalue weighted by Gasteiger charge is 2.30. The first-order valence-corrected chi connectivity index (χ1v) is 11.3. The average molecular weight is 469 g/mol. The highest BCUT2D eigenvalue weighted by molar-refractivity contribution is 6.30. The summed E-state index contributed by atoms with van der Waals surface area (Å²) in [5.41, 5.74) is 2.69. The van der Waals surface area contributed by atoms with Crippen molar-refractivity contribution < 1.29 is 9.59 Å². The van der Waals surface area contributed by atoms with E-state index >= 15 is 0 Å². The van der Waals surface area contributed by atoms with Crippen molar-refractivity contribution in [1.82, 2.24) is 10.2 Å². The van der Waals surface area contributed by atoms with Crippen LogP contribution in [0.4, 0.5) is 0 Å². The molecule has 2 amide bonds. The summed E-state index contributed by atoms with van der Waals surface area (Å²) >= 11 is 12.1. The van der Waals surface area contributed by atoms with Crippen molar-refractivity contribution in [2.75, 3.05) is 6.54 Å². The molecule has 0 saturated carbocycles. The summed E-state index contributed by atoms with van der Waals surface area (Å²) in [5.74, 6) is -0.320. The molecule has 0 aliphatic rings. The zero-order valence-corrected chi connectivity index (χ0v) is 19.4. The second kappa shape index (κ2) is 11.7. The predicted molar refractivity (Wildman–Crippen MR) is 130 cm³/mol. The smallest absolute Gasteiger partial charge is 0.243 e. The molecule has 32 heavy (non-hydrogen) atoms. The minimum atomic E-state index is -0.653. The summed E-state index contributed by atoms with van der Waals surface area (Å²) in [6.45, 7) is 2.65. The van der Waals surface area contributed by atoms with Gasteiger partial charge >= 0.3 is 0 Å². The maximum absolute atomic E-state index is 13.5. The third kappa shape index (κ3) is 6.84. The van der Waals surface area contributed by atoms with Crippen molar-refractivity contribution in [2.24, 2.45) is 0 Å². The van der Waals surface area contributed by atoms with Gasteiger partial charge in [-0.15, -0.1) is 0 Å². The molecule has 0 heterocycles. The molecule has 0 fully saturated rings. The Morgan fingerprint density at radius 3 is 2.19 bits per heavy atom. The molecule has 3 rings (SSSR count). The Kier molecular flexibility index (Phi) is 8.72. The molecule has 1 N–H and O–H groups in total. The van der Waals surface area contributed by atoms with Crippen LogP contribution in [0.1, 0.15) is 23.6 Å². The van der Waals surface area contributed by atoms with Gasteiger partial charge in [-0.25, -0.2) is 0 Å². The lowest BCUT2D eigenvalue weighted by Crippen LogP contribution is -2.50. The fourth-order valence-electron chi connectivity index (χ4n) is 3.56. The minimum Gasteiger partial charge on any atom is -0.355 e. The van der Waals surface area contributed by atoms with Gasteiger partial charge < -0.3 is 10.2 Å². The summed E-state index contributed by atoms with van der Waals surface area (Å²) in [6.07, 6.45) is 0.570. The van der Waals surface area contributed by atoms with Gasteiger partial charge in [0, 0.05) is 29.6 Å². The topological polar surface area (TPSA) is 49.4 Å². The fourth-order valence-corrected chi connectivity index (χ4v) is 3.89. The molecular formula is C26H26Cl2N2O2. The van der Waals surface area contributed by atoms with Crippen molar-refractivity contribution in [2.45, 2.75) is 32.4 Å². The molecule has 0 aliphatic carbocycles. The Morgan fingerprint density at radius 1 is 0.844 bits per heavy atom. The molecule has 1 unspecified atom stereocenters. The normalized spacial score (nSPS) is 11.6. The van der Waals surface area contributed by atoms with E-state index in [2.05, 4.69) is 5.32 Å². The van der Waals surface area contributed by atoms with Gasteiger partial charge in [0.2, 0.25) is 11.8 Å². The third-order valence-corrected chi connectivity index (χ3v) is 5.62. The maximum Gasteiger partial charge on any atom is 0.243 e. The summed E-state index contributed by atoms with van der Waals surface area (Å²) in [4.78, 5) is 28.3. The number of nitrogens with one attached hydrogen (secondary N) is 1. The molecule has 1 atom stereocenters. The number of amides is 2. The van der Waals surface area contributed by atoms with E-state index in [-0.39, 0.29) is 18.2 Å². The van der Waals surface area contributed by atoms with Crippen molar-refractivity contribution in [3.63, 3.8) is 0 Å². The molecule has 0 aliphatic heterocycles. The number of benzene rings is 3. The zero-order chi connectivity index (χ0) is 22.9. The number of rotatable bonds is 9. The van der Waals surface area contributed by atoms with Gasteiger partial charge in [0.1, 0.15) is 6.04 Å². The van der Waals surface area contributed by atoms with E-state index in [1.165, 1.54) is 0 Å². The quantitative estimate of drug-likeness (QED) is 0.462. The predicted octanol–water partition coefficient (Wildman–Crippen LogP) is 5.31. The second-order valence-electron chi connectivity index (χ2n) is 7.55. The molecule has 0 spiro atoms. The number of hydrogen-bond donors (Lipinski definition) is 1. The lowest BCUT2D eigenvalue weighted by Gasteiger charge is -2.31. The second-order valence-corrected chi connectivity index (χ2v) is 8.43. The van der Waals surface area contributed by atoms with Crippen LogP contribution in [-0.2, 0) is 29.0 Å². The lowest BCUT2D eigenvalue weighted by molar-refractivity contribution is -0.140. The standard InChI is InChI=1S/C26H26Cl2N2O2/c1-2-29-26(32)24(16-19-7-4-3-5-8-19)30(18-20-11-13-22(27)14-12-20)25(31)17-21-9-6-10-23(28)15-21/h3-15,24H,2,16-18H2,1H3,(H,29,32). The first kappa shape index (κ1) is 23.8. The van der Waals surface area contributed by atoms with E-state index in [4.69, 9.17) is 23.2 Å². The zero-order valence-electron chi connectivity index (χ0n) is 17.9. The minimum absolute atomic E-state index is 0.144. The van der Waals surface area contributed by atoms with Crippen LogP contribution >= 0.6 is 23.2 Å². The van der Waals surface area contributed by atoms with Gasteiger partial charge in [-0.3, -0.25) is 9.59 Å². The van der Waals surface area contributed by atoms with Gasteiger partial charge in [-0.1, -0.05) is 77.8 Å². The van der Waals surface area contributed by atoms with Gasteiger partial charge in [-0.2, -0.15) is 0 Å². The Morgan fingerprint density at radius 2 is 1.53 bits per heavy atom. The van der Waals surface area contributed by atoms with E-state index in [0.717, 1.165) is 16.7 Å². The van der Waals surface area contributed by atoms with E-state index in [0.29, 0.717) is 29.6 Å². The SMILES string of the molecule is CCNC(=O)C(Cc1ccccc1)N(Cc1ccc(Cl)cc1)C(=O)Cc1cccc(Cl)c1. The van der Waals surface area contributed by atoms with E-state index in [1.54, 1.807) is 29.2 Å². The summed E-state index contributed by atoms with van der Waals surface area (Å²) in [5, 5.41) is 4.09. The van der Waals surface area contributed by atoms with Crippen LogP contribution in [0.2, 0.25) is 10.0 Å². The molecule has 0 bridgehead atoms. The van der Waals surface area contributed by atoms with Crippen molar-refractivity contribution >= 4 is 35.0 Å². The highest BCUT2D eigenvalue weighted by atomic mass is 35.5. The summed E-state index contributed by atoms with van der Waals surface area (Å²) < 4.78 is 0. The van der Waals surface area contributed by atoms with Gasteiger partial charge in [-0.05, 0) is 47.9 Å². The van der Waals surface area contributed by atoms with Crippen LogP contribution < -0.4 is 5.32 Å². The molecule has 0 aromatic heterocycles.